The highest BCUT2D eigenvalue weighted by Gasteiger charge is 2.10. The molecule has 0 aliphatic carbocycles. The van der Waals surface area contributed by atoms with E-state index in [1.54, 1.807) is 36.8 Å². The first-order valence-electron chi connectivity index (χ1n) is 7.78. The number of ether oxygens (including phenoxy) is 1. The van der Waals surface area contributed by atoms with Gasteiger partial charge in [0.05, 0.1) is 18.5 Å². The maximum Gasteiger partial charge on any atom is 0.289 e. The summed E-state index contributed by atoms with van der Waals surface area (Å²) in [6.45, 7) is 2.55. The molecule has 0 fully saturated rings. The standard InChI is InChI=1S/C18H17N5O2/c1-2-25-15-5-3-14(4-6-15)16-11-17(22-21-16)18(24)23-20-12-13-7-9-19-10-8-13/h3-12H,2H2,1H3,(H,21,22)(H,23,24). The number of pyridine rings is 1. The van der Waals surface area contributed by atoms with Gasteiger partial charge in [0, 0.05) is 18.0 Å². The van der Waals surface area contributed by atoms with Gasteiger partial charge in [-0.3, -0.25) is 14.9 Å². The molecule has 0 aliphatic heterocycles. The monoisotopic (exact) mass is 335 g/mol. The Morgan fingerprint density at radius 3 is 2.72 bits per heavy atom. The van der Waals surface area contributed by atoms with Gasteiger partial charge in [0.15, 0.2) is 0 Å². The van der Waals surface area contributed by atoms with Crippen molar-refractivity contribution in [3.8, 4) is 17.0 Å². The van der Waals surface area contributed by atoms with Gasteiger partial charge < -0.3 is 4.74 Å². The molecule has 0 unspecified atom stereocenters. The zero-order valence-corrected chi connectivity index (χ0v) is 13.6. The average Bonchev–Trinajstić information content (AvgIpc) is 3.14. The van der Waals surface area contributed by atoms with E-state index in [0.717, 1.165) is 16.9 Å². The second-order valence-electron chi connectivity index (χ2n) is 5.10. The maximum atomic E-state index is 12.1. The van der Waals surface area contributed by atoms with E-state index in [2.05, 4.69) is 25.7 Å². The largest absolute Gasteiger partial charge is 0.494 e. The molecule has 126 valence electrons. The van der Waals surface area contributed by atoms with Crippen LogP contribution in [0.2, 0.25) is 0 Å². The van der Waals surface area contributed by atoms with E-state index in [9.17, 15) is 4.79 Å². The van der Waals surface area contributed by atoms with Gasteiger partial charge in [-0.25, -0.2) is 5.43 Å². The van der Waals surface area contributed by atoms with Crippen LogP contribution in [0.1, 0.15) is 23.0 Å². The van der Waals surface area contributed by atoms with Gasteiger partial charge in [-0.1, -0.05) is 0 Å². The zero-order valence-electron chi connectivity index (χ0n) is 13.6. The number of nitrogens with zero attached hydrogens (tertiary/aromatic N) is 3. The first kappa shape index (κ1) is 16.4. The summed E-state index contributed by atoms with van der Waals surface area (Å²) < 4.78 is 5.41. The van der Waals surface area contributed by atoms with E-state index in [1.807, 2.05) is 31.2 Å². The van der Waals surface area contributed by atoms with Crippen molar-refractivity contribution in [3.63, 3.8) is 0 Å². The summed E-state index contributed by atoms with van der Waals surface area (Å²) in [6, 6.07) is 12.8. The third-order valence-corrected chi connectivity index (χ3v) is 3.37. The van der Waals surface area contributed by atoms with Gasteiger partial charge in [-0.05, 0) is 55.0 Å². The summed E-state index contributed by atoms with van der Waals surface area (Å²) >= 11 is 0. The zero-order chi connectivity index (χ0) is 17.5. The van der Waals surface area contributed by atoms with Gasteiger partial charge in [0.25, 0.3) is 5.91 Å². The van der Waals surface area contributed by atoms with Crippen molar-refractivity contribution in [1.29, 1.82) is 0 Å². The molecule has 7 nitrogen and oxygen atoms in total. The number of amides is 1. The highest BCUT2D eigenvalue weighted by molar-refractivity contribution is 5.94. The molecule has 0 bridgehead atoms. The van der Waals surface area contributed by atoms with E-state index < -0.39 is 0 Å². The predicted molar refractivity (Wildman–Crippen MR) is 94.5 cm³/mol. The van der Waals surface area contributed by atoms with E-state index in [-0.39, 0.29) is 5.91 Å². The summed E-state index contributed by atoms with van der Waals surface area (Å²) in [7, 11) is 0. The number of hydrazone groups is 1. The SMILES string of the molecule is CCOc1ccc(-c2cc(C(=O)NN=Cc3ccncc3)[nH]n2)cc1. The fourth-order valence-electron chi connectivity index (χ4n) is 2.15. The number of H-pyrrole nitrogens is 1. The molecule has 0 atom stereocenters. The second kappa shape index (κ2) is 7.87. The van der Waals surface area contributed by atoms with Crippen molar-refractivity contribution < 1.29 is 9.53 Å². The Bertz CT molecular complexity index is 857. The molecule has 0 saturated heterocycles. The summed E-state index contributed by atoms with van der Waals surface area (Å²) in [5, 5.41) is 10.8. The van der Waals surface area contributed by atoms with Gasteiger partial charge in [0.1, 0.15) is 11.4 Å². The minimum atomic E-state index is -0.366. The van der Waals surface area contributed by atoms with Crippen LogP contribution >= 0.6 is 0 Å². The molecule has 3 rings (SSSR count). The van der Waals surface area contributed by atoms with E-state index >= 15 is 0 Å². The van der Waals surface area contributed by atoms with Gasteiger partial charge >= 0.3 is 0 Å². The molecule has 2 N–H and O–H groups in total. The Morgan fingerprint density at radius 1 is 1.24 bits per heavy atom. The summed E-state index contributed by atoms with van der Waals surface area (Å²) in [5.41, 5.74) is 5.19. The molecule has 2 heterocycles. The van der Waals surface area contributed by atoms with Crippen LogP contribution in [0.15, 0.2) is 60.0 Å². The van der Waals surface area contributed by atoms with E-state index in [4.69, 9.17) is 4.74 Å². The lowest BCUT2D eigenvalue weighted by Gasteiger charge is -2.02. The summed E-state index contributed by atoms with van der Waals surface area (Å²) in [6.07, 6.45) is 4.85. The van der Waals surface area contributed by atoms with Crippen LogP contribution in [-0.2, 0) is 0 Å². The minimum Gasteiger partial charge on any atom is -0.494 e. The van der Waals surface area contributed by atoms with Crippen LogP contribution in [0.3, 0.4) is 0 Å². The third-order valence-electron chi connectivity index (χ3n) is 3.37. The van der Waals surface area contributed by atoms with Gasteiger partial charge in [0.2, 0.25) is 0 Å². The lowest BCUT2D eigenvalue weighted by Crippen LogP contribution is -2.17. The fourth-order valence-corrected chi connectivity index (χ4v) is 2.15. The number of aromatic nitrogens is 3. The number of nitrogens with one attached hydrogen (secondary N) is 2. The van der Waals surface area contributed by atoms with Crippen molar-refractivity contribution in [3.05, 3.63) is 66.1 Å². The first-order valence-corrected chi connectivity index (χ1v) is 7.78. The van der Waals surface area contributed by atoms with Crippen molar-refractivity contribution in [1.82, 2.24) is 20.6 Å². The molecule has 1 aromatic carbocycles. The van der Waals surface area contributed by atoms with Crippen LogP contribution in [0.25, 0.3) is 11.3 Å². The second-order valence-corrected chi connectivity index (χ2v) is 5.10. The molecule has 3 aromatic rings. The molecule has 2 aromatic heterocycles. The van der Waals surface area contributed by atoms with Crippen molar-refractivity contribution >= 4 is 12.1 Å². The number of hydrogen-bond donors (Lipinski definition) is 2. The molecule has 25 heavy (non-hydrogen) atoms. The van der Waals surface area contributed by atoms with E-state index in [0.29, 0.717) is 18.0 Å². The predicted octanol–water partition coefficient (Wildman–Crippen LogP) is 2.63. The van der Waals surface area contributed by atoms with Crippen molar-refractivity contribution in [2.45, 2.75) is 6.92 Å². The summed E-state index contributed by atoms with van der Waals surface area (Å²) in [4.78, 5) is 16.0. The Hall–Kier alpha value is -3.48. The smallest absolute Gasteiger partial charge is 0.289 e. The highest BCUT2D eigenvalue weighted by Crippen LogP contribution is 2.21. The minimum absolute atomic E-state index is 0.329. The Morgan fingerprint density at radius 2 is 2.00 bits per heavy atom. The molecular weight excluding hydrogens is 318 g/mol. The molecule has 0 aliphatic rings. The molecule has 0 spiro atoms. The molecule has 1 amide bonds. The number of carbonyl (C=O) groups is 1. The van der Waals surface area contributed by atoms with Crippen LogP contribution < -0.4 is 10.2 Å². The third kappa shape index (κ3) is 4.29. The average molecular weight is 335 g/mol. The van der Waals surface area contributed by atoms with Crippen LogP contribution in [0.4, 0.5) is 0 Å². The highest BCUT2D eigenvalue weighted by atomic mass is 16.5. The maximum absolute atomic E-state index is 12.1. The lowest BCUT2D eigenvalue weighted by atomic mass is 10.1. The van der Waals surface area contributed by atoms with Crippen LogP contribution in [0, 0.1) is 0 Å². The van der Waals surface area contributed by atoms with E-state index in [1.165, 1.54) is 0 Å². The van der Waals surface area contributed by atoms with Crippen molar-refractivity contribution in [2.75, 3.05) is 6.61 Å². The van der Waals surface area contributed by atoms with Gasteiger partial charge in [-0.2, -0.15) is 10.2 Å². The number of rotatable bonds is 6. The van der Waals surface area contributed by atoms with Crippen LogP contribution in [-0.4, -0.2) is 33.9 Å². The lowest BCUT2D eigenvalue weighted by molar-refractivity contribution is 0.0950. The number of benzene rings is 1. The normalized spacial score (nSPS) is 10.8. The molecule has 0 saturated carbocycles. The Balaban J connectivity index is 1.64. The number of aromatic amines is 1. The topological polar surface area (TPSA) is 92.3 Å². The van der Waals surface area contributed by atoms with Crippen molar-refractivity contribution in [2.24, 2.45) is 5.10 Å². The summed E-state index contributed by atoms with van der Waals surface area (Å²) in [5.74, 6) is 0.431. The fraction of sp³-hybridized carbons (Fsp3) is 0.111. The molecular formula is C18H17N5O2. The van der Waals surface area contributed by atoms with Crippen LogP contribution in [0.5, 0.6) is 5.75 Å². The van der Waals surface area contributed by atoms with Gasteiger partial charge in [-0.15, -0.1) is 0 Å². The number of hydrogen-bond acceptors (Lipinski definition) is 5. The Kier molecular flexibility index (Phi) is 5.16. The molecule has 0 radical (unpaired) electrons. The quantitative estimate of drug-likeness (QED) is 0.535. The first-order chi connectivity index (χ1) is 12.3. The molecule has 7 heteroatoms. The Labute approximate surface area is 144 Å². The number of carbonyl (C=O) groups excluding carboxylic acids is 1.